The Hall–Kier alpha value is -1.12. The topological polar surface area (TPSA) is 9.23 Å². The Kier molecular flexibility index (Phi) is 2.55. The number of rotatable bonds is 1. The van der Waals surface area contributed by atoms with E-state index in [1.54, 1.807) is 20.8 Å². The number of ether oxygens (including phenoxy) is 1. The normalized spacial score (nSPS) is 11.5. The van der Waals surface area contributed by atoms with Crippen molar-refractivity contribution in [3.8, 4) is 5.75 Å². The molecule has 0 fully saturated rings. The quantitative estimate of drug-likeness (QED) is 0.653. The Balaban J connectivity index is 3.00. The van der Waals surface area contributed by atoms with Crippen LogP contribution in [0.3, 0.4) is 0 Å². The summed E-state index contributed by atoms with van der Waals surface area (Å²) in [6.45, 7) is 5.17. The SMILES string of the molecule is CC(C)(C)Oc1c(F)c[c]cc1F. The predicted molar refractivity (Wildman–Crippen MR) is 45.6 cm³/mol. The molecule has 0 amide bonds. The molecule has 0 saturated carbocycles. The van der Waals surface area contributed by atoms with Gasteiger partial charge in [0.2, 0.25) is 0 Å². The van der Waals surface area contributed by atoms with Gasteiger partial charge in [-0.15, -0.1) is 0 Å². The van der Waals surface area contributed by atoms with Gasteiger partial charge in [-0.3, -0.25) is 0 Å². The fraction of sp³-hybridized carbons (Fsp3) is 0.400. The Morgan fingerprint density at radius 3 is 2.00 bits per heavy atom. The van der Waals surface area contributed by atoms with Crippen LogP contribution in [0.4, 0.5) is 8.78 Å². The molecule has 0 N–H and O–H groups in total. The summed E-state index contributed by atoms with van der Waals surface area (Å²) < 4.78 is 31.1. The van der Waals surface area contributed by atoms with Gasteiger partial charge in [0.05, 0.1) is 0 Å². The summed E-state index contributed by atoms with van der Waals surface area (Å²) in [5.74, 6) is -1.80. The lowest BCUT2D eigenvalue weighted by Gasteiger charge is -2.21. The molecule has 3 heteroatoms. The zero-order chi connectivity index (χ0) is 10.1. The summed E-state index contributed by atoms with van der Waals surface area (Å²) in [5, 5.41) is 0. The van der Waals surface area contributed by atoms with Gasteiger partial charge in [0, 0.05) is 0 Å². The van der Waals surface area contributed by atoms with Gasteiger partial charge in [-0.05, 0) is 39.0 Å². The van der Waals surface area contributed by atoms with E-state index < -0.39 is 17.2 Å². The highest BCUT2D eigenvalue weighted by Crippen LogP contribution is 2.24. The van der Waals surface area contributed by atoms with Crippen molar-refractivity contribution in [2.45, 2.75) is 26.4 Å². The fourth-order valence-electron chi connectivity index (χ4n) is 0.837. The zero-order valence-electron chi connectivity index (χ0n) is 7.82. The lowest BCUT2D eigenvalue weighted by molar-refractivity contribution is 0.117. The molecule has 1 radical (unpaired) electrons. The van der Waals surface area contributed by atoms with Gasteiger partial charge in [-0.2, -0.15) is 0 Å². The van der Waals surface area contributed by atoms with Gasteiger partial charge in [0.25, 0.3) is 0 Å². The third kappa shape index (κ3) is 2.68. The molecule has 1 nitrogen and oxygen atoms in total. The summed E-state index contributed by atoms with van der Waals surface area (Å²) in [6.07, 6.45) is 0. The van der Waals surface area contributed by atoms with Crippen LogP contribution in [0.5, 0.6) is 5.75 Å². The van der Waals surface area contributed by atoms with E-state index in [9.17, 15) is 8.78 Å². The van der Waals surface area contributed by atoms with Gasteiger partial charge < -0.3 is 4.74 Å². The maximum absolute atomic E-state index is 13.0. The molecule has 0 saturated heterocycles. The Morgan fingerprint density at radius 1 is 1.15 bits per heavy atom. The van der Waals surface area contributed by atoms with Crippen LogP contribution in [0.25, 0.3) is 0 Å². The summed E-state index contributed by atoms with van der Waals surface area (Å²) in [4.78, 5) is 0. The summed E-state index contributed by atoms with van der Waals surface area (Å²) in [6, 6.07) is 4.42. The lowest BCUT2D eigenvalue weighted by Crippen LogP contribution is -2.24. The third-order valence-corrected chi connectivity index (χ3v) is 1.26. The molecule has 0 bridgehead atoms. The first-order chi connectivity index (χ1) is 5.90. The molecule has 0 spiro atoms. The smallest absolute Gasteiger partial charge is 0.191 e. The van der Waals surface area contributed by atoms with Crippen molar-refractivity contribution < 1.29 is 13.5 Å². The van der Waals surface area contributed by atoms with Crippen LogP contribution < -0.4 is 4.74 Å². The molecule has 1 aromatic carbocycles. The number of halogens is 2. The van der Waals surface area contributed by atoms with Crippen molar-refractivity contribution in [3.63, 3.8) is 0 Å². The largest absolute Gasteiger partial charge is 0.482 e. The van der Waals surface area contributed by atoms with Gasteiger partial charge in [-0.25, -0.2) is 8.78 Å². The van der Waals surface area contributed by atoms with Crippen molar-refractivity contribution in [2.24, 2.45) is 0 Å². The van der Waals surface area contributed by atoms with Gasteiger partial charge in [0.1, 0.15) is 5.60 Å². The fourth-order valence-corrected chi connectivity index (χ4v) is 0.837. The van der Waals surface area contributed by atoms with Gasteiger partial charge in [0.15, 0.2) is 17.4 Å². The standard InChI is InChI=1S/C10H11F2O/c1-10(2,3)13-9-7(11)5-4-6-8(9)12/h5-6H,1-3H3. The van der Waals surface area contributed by atoms with E-state index in [0.29, 0.717) is 0 Å². The predicted octanol–water partition coefficient (Wildman–Crippen LogP) is 2.94. The van der Waals surface area contributed by atoms with E-state index in [1.807, 2.05) is 0 Å². The first kappa shape index (κ1) is 9.96. The summed E-state index contributed by atoms with van der Waals surface area (Å²) in [5.41, 5.74) is -0.608. The molecular weight excluding hydrogens is 174 g/mol. The maximum atomic E-state index is 13.0. The van der Waals surface area contributed by atoms with Crippen molar-refractivity contribution in [3.05, 3.63) is 29.8 Å². The molecule has 0 heterocycles. The minimum Gasteiger partial charge on any atom is -0.482 e. The molecule has 1 rings (SSSR count). The minimum absolute atomic E-state index is 0.341. The molecule has 13 heavy (non-hydrogen) atoms. The minimum atomic E-state index is -0.727. The van der Waals surface area contributed by atoms with Gasteiger partial charge in [-0.1, -0.05) is 0 Å². The van der Waals surface area contributed by atoms with Crippen LogP contribution in [0, 0.1) is 17.7 Å². The molecule has 0 atom stereocenters. The first-order valence-electron chi connectivity index (χ1n) is 3.94. The monoisotopic (exact) mass is 185 g/mol. The van der Waals surface area contributed by atoms with Gasteiger partial charge >= 0.3 is 0 Å². The van der Waals surface area contributed by atoms with E-state index in [0.717, 1.165) is 12.1 Å². The number of benzene rings is 1. The first-order valence-corrected chi connectivity index (χ1v) is 3.94. The highest BCUT2D eigenvalue weighted by atomic mass is 19.1. The summed E-state index contributed by atoms with van der Waals surface area (Å²) in [7, 11) is 0. The Morgan fingerprint density at radius 2 is 1.62 bits per heavy atom. The summed E-state index contributed by atoms with van der Waals surface area (Å²) >= 11 is 0. The number of hydrogen-bond donors (Lipinski definition) is 0. The van der Waals surface area contributed by atoms with Crippen LogP contribution >= 0.6 is 0 Å². The second kappa shape index (κ2) is 3.32. The molecule has 0 aliphatic rings. The second-order valence-electron chi connectivity index (χ2n) is 3.69. The molecule has 0 aliphatic carbocycles. The van der Waals surface area contributed by atoms with Crippen molar-refractivity contribution in [1.29, 1.82) is 0 Å². The second-order valence-corrected chi connectivity index (χ2v) is 3.69. The van der Waals surface area contributed by atoms with Crippen molar-refractivity contribution >= 4 is 0 Å². The highest BCUT2D eigenvalue weighted by molar-refractivity contribution is 5.26. The lowest BCUT2D eigenvalue weighted by atomic mass is 10.2. The van der Waals surface area contributed by atoms with Crippen molar-refractivity contribution in [1.82, 2.24) is 0 Å². The van der Waals surface area contributed by atoms with Crippen LogP contribution in [-0.2, 0) is 0 Å². The Bertz CT molecular complexity index is 282. The molecule has 71 valence electrons. The van der Waals surface area contributed by atoms with Crippen LogP contribution in [0.15, 0.2) is 12.1 Å². The van der Waals surface area contributed by atoms with E-state index in [1.165, 1.54) is 0 Å². The van der Waals surface area contributed by atoms with E-state index in [2.05, 4.69) is 6.07 Å². The third-order valence-electron chi connectivity index (χ3n) is 1.26. The van der Waals surface area contributed by atoms with E-state index >= 15 is 0 Å². The van der Waals surface area contributed by atoms with E-state index in [-0.39, 0.29) is 5.75 Å². The molecule has 0 aliphatic heterocycles. The molecular formula is C10H11F2O. The molecule has 0 unspecified atom stereocenters. The van der Waals surface area contributed by atoms with Crippen LogP contribution in [0.2, 0.25) is 0 Å². The van der Waals surface area contributed by atoms with Crippen LogP contribution in [0.1, 0.15) is 20.8 Å². The Labute approximate surface area is 76.3 Å². The maximum Gasteiger partial charge on any atom is 0.191 e. The van der Waals surface area contributed by atoms with E-state index in [4.69, 9.17) is 4.74 Å². The molecule has 0 aromatic heterocycles. The average molecular weight is 185 g/mol. The highest BCUT2D eigenvalue weighted by Gasteiger charge is 2.18. The zero-order valence-corrected chi connectivity index (χ0v) is 7.82. The average Bonchev–Trinajstić information content (AvgIpc) is 1.95. The number of hydrogen-bond acceptors (Lipinski definition) is 1. The van der Waals surface area contributed by atoms with Crippen LogP contribution in [-0.4, -0.2) is 5.60 Å². The molecule has 1 aromatic rings. The van der Waals surface area contributed by atoms with Crippen molar-refractivity contribution in [2.75, 3.05) is 0 Å².